The van der Waals surface area contributed by atoms with Crippen molar-refractivity contribution in [1.29, 1.82) is 0 Å². The molecule has 3 N–H and O–H groups in total. The quantitative estimate of drug-likeness (QED) is 0.730. The van der Waals surface area contributed by atoms with E-state index in [-0.39, 0.29) is 24.9 Å². The third kappa shape index (κ3) is 4.99. The molecule has 0 spiro atoms. The van der Waals surface area contributed by atoms with E-state index in [0.717, 1.165) is 0 Å². The zero-order chi connectivity index (χ0) is 22.7. The van der Waals surface area contributed by atoms with Gasteiger partial charge in [0.05, 0.1) is 17.9 Å². The number of carbonyl (C=O) groups excluding carboxylic acids is 3. The van der Waals surface area contributed by atoms with E-state index >= 15 is 0 Å². The standard InChI is InChI=1S/C22H26FN5O3/c1-13(2)21(30)27-8-9-28(18(12-27)15-4-6-16(23)7-5-15)22(31)20(29)26-17-10-14(3)19(24)25-11-17/h4-7,10-11,13,18H,8-9,12H2,1-3H3,(H2,24,25)(H,26,29)/t18-/m0/s1. The lowest BCUT2D eigenvalue weighted by Crippen LogP contribution is -2.55. The van der Waals surface area contributed by atoms with E-state index in [9.17, 15) is 18.8 Å². The highest BCUT2D eigenvalue weighted by molar-refractivity contribution is 6.39. The van der Waals surface area contributed by atoms with Crippen LogP contribution in [0, 0.1) is 18.7 Å². The van der Waals surface area contributed by atoms with Gasteiger partial charge in [-0.05, 0) is 36.2 Å². The Morgan fingerprint density at radius 1 is 1.19 bits per heavy atom. The highest BCUT2D eigenvalue weighted by Gasteiger charge is 2.36. The number of pyridine rings is 1. The molecule has 9 heteroatoms. The van der Waals surface area contributed by atoms with Crippen LogP contribution in [0.3, 0.4) is 0 Å². The van der Waals surface area contributed by atoms with Crippen LogP contribution in [0.2, 0.25) is 0 Å². The fourth-order valence-corrected chi connectivity index (χ4v) is 3.53. The van der Waals surface area contributed by atoms with Crippen molar-refractivity contribution >= 4 is 29.2 Å². The monoisotopic (exact) mass is 427 g/mol. The van der Waals surface area contributed by atoms with E-state index in [2.05, 4.69) is 10.3 Å². The van der Waals surface area contributed by atoms with Crippen LogP contribution in [-0.2, 0) is 14.4 Å². The van der Waals surface area contributed by atoms with Gasteiger partial charge in [-0.2, -0.15) is 0 Å². The van der Waals surface area contributed by atoms with Crippen LogP contribution < -0.4 is 11.1 Å². The van der Waals surface area contributed by atoms with Crippen LogP contribution in [0.15, 0.2) is 36.5 Å². The van der Waals surface area contributed by atoms with E-state index in [0.29, 0.717) is 29.2 Å². The lowest BCUT2D eigenvalue weighted by atomic mass is 10.0. The maximum absolute atomic E-state index is 13.4. The lowest BCUT2D eigenvalue weighted by Gasteiger charge is -2.42. The van der Waals surface area contributed by atoms with E-state index in [1.54, 1.807) is 30.0 Å². The van der Waals surface area contributed by atoms with E-state index < -0.39 is 23.7 Å². The predicted octanol–water partition coefficient (Wildman–Crippen LogP) is 2.12. The molecule has 2 aromatic rings. The second-order valence-corrected chi connectivity index (χ2v) is 7.89. The van der Waals surface area contributed by atoms with Gasteiger partial charge in [0, 0.05) is 25.6 Å². The molecule has 1 saturated heterocycles. The van der Waals surface area contributed by atoms with Gasteiger partial charge in [0.2, 0.25) is 5.91 Å². The number of halogens is 1. The first-order valence-corrected chi connectivity index (χ1v) is 10.1. The molecular weight excluding hydrogens is 401 g/mol. The fraction of sp³-hybridized carbons (Fsp3) is 0.364. The molecule has 3 rings (SSSR count). The van der Waals surface area contributed by atoms with Gasteiger partial charge in [0.25, 0.3) is 0 Å². The van der Waals surface area contributed by atoms with Crippen LogP contribution in [-0.4, -0.2) is 52.1 Å². The Kier molecular flexibility index (Phi) is 6.53. The maximum atomic E-state index is 13.4. The smallest absolute Gasteiger partial charge is 0.313 e. The number of hydrogen-bond acceptors (Lipinski definition) is 5. The minimum Gasteiger partial charge on any atom is -0.383 e. The van der Waals surface area contributed by atoms with Crippen molar-refractivity contribution in [2.24, 2.45) is 5.92 Å². The van der Waals surface area contributed by atoms with Crippen molar-refractivity contribution in [3.63, 3.8) is 0 Å². The number of nitrogens with zero attached hydrogens (tertiary/aromatic N) is 3. The zero-order valence-electron chi connectivity index (χ0n) is 17.8. The number of rotatable bonds is 3. The number of nitrogens with one attached hydrogen (secondary N) is 1. The number of amides is 3. The first kappa shape index (κ1) is 22.2. The summed E-state index contributed by atoms with van der Waals surface area (Å²) >= 11 is 0. The molecule has 2 heterocycles. The summed E-state index contributed by atoms with van der Waals surface area (Å²) in [5, 5.41) is 2.55. The summed E-state index contributed by atoms with van der Waals surface area (Å²) in [6.07, 6.45) is 1.38. The minimum absolute atomic E-state index is 0.0351. The molecule has 3 amide bonds. The van der Waals surface area contributed by atoms with Gasteiger partial charge in [-0.25, -0.2) is 9.37 Å². The van der Waals surface area contributed by atoms with Crippen molar-refractivity contribution in [1.82, 2.24) is 14.8 Å². The summed E-state index contributed by atoms with van der Waals surface area (Å²) in [6, 6.07) is 6.78. The molecule has 1 aliphatic heterocycles. The van der Waals surface area contributed by atoms with Crippen molar-refractivity contribution in [2.75, 3.05) is 30.7 Å². The second-order valence-electron chi connectivity index (χ2n) is 7.89. The predicted molar refractivity (Wildman–Crippen MR) is 114 cm³/mol. The molecule has 0 bridgehead atoms. The Bertz CT molecular complexity index is 993. The molecule has 8 nitrogen and oxygen atoms in total. The second kappa shape index (κ2) is 9.11. The van der Waals surface area contributed by atoms with Crippen LogP contribution >= 0.6 is 0 Å². The van der Waals surface area contributed by atoms with Crippen molar-refractivity contribution in [2.45, 2.75) is 26.8 Å². The Morgan fingerprint density at radius 3 is 2.48 bits per heavy atom. The summed E-state index contributed by atoms with van der Waals surface area (Å²) in [4.78, 5) is 45.2. The van der Waals surface area contributed by atoms with Gasteiger partial charge in [-0.3, -0.25) is 14.4 Å². The Hall–Kier alpha value is -3.49. The third-order valence-electron chi connectivity index (χ3n) is 5.27. The highest BCUT2D eigenvalue weighted by Crippen LogP contribution is 2.27. The molecule has 1 aromatic carbocycles. The Balaban J connectivity index is 1.83. The third-order valence-corrected chi connectivity index (χ3v) is 5.27. The average molecular weight is 427 g/mol. The summed E-state index contributed by atoms with van der Waals surface area (Å²) in [7, 11) is 0. The van der Waals surface area contributed by atoms with Gasteiger partial charge < -0.3 is 20.9 Å². The average Bonchev–Trinajstić information content (AvgIpc) is 2.75. The summed E-state index contributed by atoms with van der Waals surface area (Å²) in [6.45, 7) is 6.09. The number of anilines is 2. The number of benzene rings is 1. The molecule has 1 aliphatic rings. The van der Waals surface area contributed by atoms with E-state index in [1.807, 2.05) is 13.8 Å². The van der Waals surface area contributed by atoms with Crippen LogP contribution in [0.25, 0.3) is 0 Å². The lowest BCUT2D eigenvalue weighted by molar-refractivity contribution is -0.150. The van der Waals surface area contributed by atoms with Crippen LogP contribution in [0.1, 0.15) is 31.0 Å². The molecule has 0 aliphatic carbocycles. The van der Waals surface area contributed by atoms with Crippen LogP contribution in [0.5, 0.6) is 0 Å². The number of carbonyl (C=O) groups is 3. The minimum atomic E-state index is -0.818. The van der Waals surface area contributed by atoms with E-state index in [1.165, 1.54) is 23.2 Å². The highest BCUT2D eigenvalue weighted by atomic mass is 19.1. The largest absolute Gasteiger partial charge is 0.383 e. The van der Waals surface area contributed by atoms with Gasteiger partial charge in [0.15, 0.2) is 0 Å². The SMILES string of the molecule is Cc1cc(NC(=O)C(=O)N2CCN(C(=O)C(C)C)C[C@H]2c2ccc(F)cc2)cnc1N. The molecule has 1 fully saturated rings. The van der Waals surface area contributed by atoms with Gasteiger partial charge in [0.1, 0.15) is 11.6 Å². The van der Waals surface area contributed by atoms with Crippen molar-refractivity contribution in [3.05, 3.63) is 53.5 Å². The zero-order valence-corrected chi connectivity index (χ0v) is 17.8. The Labute approximate surface area is 180 Å². The summed E-state index contributed by atoms with van der Waals surface area (Å²) in [5.74, 6) is -1.85. The van der Waals surface area contributed by atoms with Gasteiger partial charge >= 0.3 is 11.8 Å². The Morgan fingerprint density at radius 2 is 1.87 bits per heavy atom. The molecule has 1 aromatic heterocycles. The fourth-order valence-electron chi connectivity index (χ4n) is 3.53. The maximum Gasteiger partial charge on any atom is 0.313 e. The topological polar surface area (TPSA) is 109 Å². The van der Waals surface area contributed by atoms with Crippen molar-refractivity contribution < 1.29 is 18.8 Å². The summed E-state index contributed by atoms with van der Waals surface area (Å²) in [5.41, 5.74) is 7.37. The molecule has 0 saturated carbocycles. The summed E-state index contributed by atoms with van der Waals surface area (Å²) < 4.78 is 13.4. The molecule has 0 unspecified atom stereocenters. The molecule has 164 valence electrons. The van der Waals surface area contributed by atoms with Gasteiger partial charge in [-0.15, -0.1) is 0 Å². The number of piperazine rings is 1. The molecule has 31 heavy (non-hydrogen) atoms. The first-order valence-electron chi connectivity index (χ1n) is 10.1. The number of nitrogen functional groups attached to an aromatic ring is 1. The number of aryl methyl sites for hydroxylation is 1. The normalized spacial score (nSPS) is 16.4. The molecule has 0 radical (unpaired) electrons. The number of aromatic nitrogens is 1. The number of nitrogens with two attached hydrogens (primary N) is 1. The first-order chi connectivity index (χ1) is 14.7. The molecular formula is C22H26FN5O3. The molecule has 1 atom stereocenters. The van der Waals surface area contributed by atoms with Crippen LogP contribution in [0.4, 0.5) is 15.9 Å². The van der Waals surface area contributed by atoms with E-state index in [4.69, 9.17) is 5.73 Å². The number of hydrogen-bond donors (Lipinski definition) is 2. The van der Waals surface area contributed by atoms with Crippen molar-refractivity contribution in [3.8, 4) is 0 Å². The van der Waals surface area contributed by atoms with Gasteiger partial charge in [-0.1, -0.05) is 26.0 Å².